The highest BCUT2D eigenvalue weighted by molar-refractivity contribution is 7.80. The van der Waals surface area contributed by atoms with E-state index < -0.39 is 11.7 Å². The van der Waals surface area contributed by atoms with E-state index in [1.165, 1.54) is 12.1 Å². The maximum absolute atomic E-state index is 13.3. The first kappa shape index (κ1) is 24.8. The molecule has 2 N–H and O–H groups in total. The number of rotatable bonds is 4. The SMILES string of the molecule is CC1(C)CC(N(Cc2ccccc2)C(=S)Nc2ccc(Cl)c(C(F)(F)F)c2)CC(C)(C)N1. The van der Waals surface area contributed by atoms with Crippen molar-refractivity contribution in [2.24, 2.45) is 0 Å². The quantitative estimate of drug-likeness (QED) is 0.464. The van der Waals surface area contributed by atoms with Crippen molar-refractivity contribution < 1.29 is 13.2 Å². The molecule has 3 nitrogen and oxygen atoms in total. The van der Waals surface area contributed by atoms with Gasteiger partial charge in [0.1, 0.15) is 0 Å². The third-order valence-corrected chi connectivity index (χ3v) is 6.26. The van der Waals surface area contributed by atoms with Crippen LogP contribution in [0.1, 0.15) is 51.7 Å². The molecule has 0 aliphatic carbocycles. The van der Waals surface area contributed by atoms with Crippen LogP contribution < -0.4 is 10.6 Å². The molecule has 1 fully saturated rings. The van der Waals surface area contributed by atoms with Gasteiger partial charge in [0.05, 0.1) is 10.6 Å². The number of halogens is 4. The Morgan fingerprint density at radius 1 is 1.09 bits per heavy atom. The first-order chi connectivity index (χ1) is 14.8. The fourth-order valence-corrected chi connectivity index (χ4v) is 5.21. The minimum Gasteiger partial charge on any atom is -0.342 e. The van der Waals surface area contributed by atoms with E-state index in [1.807, 2.05) is 30.3 Å². The van der Waals surface area contributed by atoms with Gasteiger partial charge in [0.15, 0.2) is 5.11 Å². The molecule has 0 radical (unpaired) electrons. The van der Waals surface area contributed by atoms with Crippen LogP contribution in [0.3, 0.4) is 0 Å². The number of anilines is 1. The molecule has 1 aliphatic heterocycles. The number of thiocarbonyl (C=S) groups is 1. The van der Waals surface area contributed by atoms with Crippen LogP contribution >= 0.6 is 23.8 Å². The Morgan fingerprint density at radius 2 is 1.69 bits per heavy atom. The smallest absolute Gasteiger partial charge is 0.342 e. The van der Waals surface area contributed by atoms with Crippen molar-refractivity contribution in [1.82, 2.24) is 10.2 Å². The molecule has 1 saturated heterocycles. The highest BCUT2D eigenvalue weighted by atomic mass is 35.5. The molecular formula is C24H29ClF3N3S. The van der Waals surface area contributed by atoms with E-state index in [2.05, 4.69) is 43.2 Å². The summed E-state index contributed by atoms with van der Waals surface area (Å²) in [5.74, 6) is 0. The Kier molecular flexibility index (Phi) is 7.13. The van der Waals surface area contributed by atoms with E-state index in [4.69, 9.17) is 23.8 Å². The first-order valence-corrected chi connectivity index (χ1v) is 11.3. The summed E-state index contributed by atoms with van der Waals surface area (Å²) in [5, 5.41) is 6.76. The molecule has 2 aromatic rings. The molecule has 2 aromatic carbocycles. The van der Waals surface area contributed by atoms with Crippen LogP contribution in [0.25, 0.3) is 0 Å². The van der Waals surface area contributed by atoms with Gasteiger partial charge in [0.25, 0.3) is 0 Å². The van der Waals surface area contributed by atoms with Gasteiger partial charge in [-0.15, -0.1) is 0 Å². The molecule has 0 bridgehead atoms. The standard InChI is InChI=1S/C24H29ClF3N3S/c1-22(2)13-18(14-23(3,4)30-22)31(15-16-8-6-5-7-9-16)21(32)29-17-10-11-20(25)19(12-17)24(26,27)28/h5-12,18,30H,13-15H2,1-4H3,(H,29,32). The lowest BCUT2D eigenvalue weighted by atomic mass is 9.79. The minimum absolute atomic E-state index is 0.107. The van der Waals surface area contributed by atoms with Gasteiger partial charge in [-0.3, -0.25) is 0 Å². The van der Waals surface area contributed by atoms with Crippen LogP contribution in [0.5, 0.6) is 0 Å². The Labute approximate surface area is 198 Å². The molecule has 1 aliphatic rings. The lowest BCUT2D eigenvalue weighted by Gasteiger charge is -2.50. The summed E-state index contributed by atoms with van der Waals surface area (Å²) in [4.78, 5) is 2.09. The van der Waals surface area contributed by atoms with E-state index in [-0.39, 0.29) is 27.8 Å². The Balaban J connectivity index is 1.90. The number of benzene rings is 2. The van der Waals surface area contributed by atoms with Crippen LogP contribution in [-0.4, -0.2) is 27.1 Å². The second kappa shape index (κ2) is 9.20. The van der Waals surface area contributed by atoms with Gasteiger partial charge in [-0.05, 0) is 76.5 Å². The maximum Gasteiger partial charge on any atom is 0.417 e. The molecule has 174 valence electrons. The van der Waals surface area contributed by atoms with E-state index in [0.29, 0.717) is 11.7 Å². The monoisotopic (exact) mass is 483 g/mol. The summed E-state index contributed by atoms with van der Waals surface area (Å²) < 4.78 is 39.9. The van der Waals surface area contributed by atoms with Crippen molar-refractivity contribution in [2.75, 3.05) is 5.32 Å². The Morgan fingerprint density at radius 3 is 2.25 bits per heavy atom. The van der Waals surface area contributed by atoms with E-state index >= 15 is 0 Å². The summed E-state index contributed by atoms with van der Waals surface area (Å²) in [5.41, 5.74) is 0.238. The summed E-state index contributed by atoms with van der Waals surface area (Å²) in [7, 11) is 0. The zero-order chi connectivity index (χ0) is 23.7. The molecule has 0 amide bonds. The van der Waals surface area contributed by atoms with Crippen molar-refractivity contribution in [3.8, 4) is 0 Å². The molecule has 0 atom stereocenters. The molecule has 0 unspecified atom stereocenters. The molecule has 0 saturated carbocycles. The number of piperidine rings is 1. The number of hydrogen-bond donors (Lipinski definition) is 2. The van der Waals surface area contributed by atoms with E-state index in [0.717, 1.165) is 24.5 Å². The van der Waals surface area contributed by atoms with Crippen LogP contribution in [0.2, 0.25) is 5.02 Å². The lowest BCUT2D eigenvalue weighted by molar-refractivity contribution is -0.137. The summed E-state index contributed by atoms with van der Waals surface area (Å²) in [6.07, 6.45) is -2.85. The molecule has 0 aromatic heterocycles. The number of alkyl halides is 3. The second-order valence-electron chi connectivity index (χ2n) is 9.69. The largest absolute Gasteiger partial charge is 0.417 e. The highest BCUT2D eigenvalue weighted by Gasteiger charge is 2.41. The number of nitrogens with one attached hydrogen (secondary N) is 2. The normalized spacial score (nSPS) is 18.2. The fourth-order valence-electron chi connectivity index (χ4n) is 4.65. The van der Waals surface area contributed by atoms with E-state index in [1.54, 1.807) is 0 Å². The average Bonchev–Trinajstić information content (AvgIpc) is 2.65. The topological polar surface area (TPSA) is 27.3 Å². The van der Waals surface area contributed by atoms with Gasteiger partial charge in [-0.2, -0.15) is 13.2 Å². The van der Waals surface area contributed by atoms with Crippen molar-refractivity contribution in [2.45, 2.75) is 70.4 Å². The zero-order valence-corrected chi connectivity index (χ0v) is 20.3. The number of nitrogens with zero attached hydrogens (tertiary/aromatic N) is 1. The van der Waals surface area contributed by atoms with Crippen LogP contribution in [0.15, 0.2) is 48.5 Å². The minimum atomic E-state index is -4.54. The van der Waals surface area contributed by atoms with Crippen molar-refractivity contribution in [1.29, 1.82) is 0 Å². The predicted molar refractivity (Wildman–Crippen MR) is 129 cm³/mol. The third kappa shape index (κ3) is 6.36. The first-order valence-electron chi connectivity index (χ1n) is 10.5. The van der Waals surface area contributed by atoms with Crippen molar-refractivity contribution >= 4 is 34.6 Å². The van der Waals surface area contributed by atoms with Gasteiger partial charge in [0, 0.05) is 29.4 Å². The molecule has 1 heterocycles. The Bertz CT molecular complexity index is 945. The summed E-state index contributed by atoms with van der Waals surface area (Å²) in [6.45, 7) is 9.20. The van der Waals surface area contributed by atoms with Gasteiger partial charge in [-0.25, -0.2) is 0 Å². The molecular weight excluding hydrogens is 455 g/mol. The van der Waals surface area contributed by atoms with E-state index in [9.17, 15) is 13.2 Å². The Hall–Kier alpha value is -1.83. The van der Waals surface area contributed by atoms with Crippen molar-refractivity contribution in [3.63, 3.8) is 0 Å². The molecule has 0 spiro atoms. The van der Waals surface area contributed by atoms with Crippen LogP contribution in [-0.2, 0) is 12.7 Å². The highest BCUT2D eigenvalue weighted by Crippen LogP contribution is 2.37. The van der Waals surface area contributed by atoms with Crippen LogP contribution in [0.4, 0.5) is 18.9 Å². The molecule has 8 heteroatoms. The summed E-state index contributed by atoms with van der Waals surface area (Å²) >= 11 is 11.5. The van der Waals surface area contributed by atoms with Crippen LogP contribution in [0, 0.1) is 0 Å². The molecule has 32 heavy (non-hydrogen) atoms. The molecule has 3 rings (SSSR count). The second-order valence-corrected chi connectivity index (χ2v) is 10.5. The lowest BCUT2D eigenvalue weighted by Crippen LogP contribution is -2.63. The third-order valence-electron chi connectivity index (χ3n) is 5.59. The van der Waals surface area contributed by atoms with Gasteiger partial charge in [-0.1, -0.05) is 41.9 Å². The van der Waals surface area contributed by atoms with Crippen molar-refractivity contribution in [3.05, 3.63) is 64.7 Å². The fraction of sp³-hybridized carbons (Fsp3) is 0.458. The zero-order valence-electron chi connectivity index (χ0n) is 18.7. The average molecular weight is 484 g/mol. The maximum atomic E-state index is 13.3. The predicted octanol–water partition coefficient (Wildman–Crippen LogP) is 6.87. The van der Waals surface area contributed by atoms with Gasteiger partial charge >= 0.3 is 6.18 Å². The summed E-state index contributed by atoms with van der Waals surface area (Å²) in [6, 6.07) is 13.8. The van der Waals surface area contributed by atoms with Gasteiger partial charge < -0.3 is 15.5 Å². The van der Waals surface area contributed by atoms with Gasteiger partial charge in [0.2, 0.25) is 0 Å². The number of hydrogen-bond acceptors (Lipinski definition) is 2.